The Morgan fingerprint density at radius 2 is 2.33 bits per heavy atom. The van der Waals surface area contributed by atoms with Crippen molar-refractivity contribution in [3.63, 3.8) is 0 Å². The number of hydrogen-bond acceptors (Lipinski definition) is 2. The average molecular weight is 170 g/mol. The number of carboxylic acids is 1. The van der Waals surface area contributed by atoms with Crippen LogP contribution in [0.3, 0.4) is 0 Å². The van der Waals surface area contributed by atoms with Gasteiger partial charge >= 0.3 is 5.97 Å². The molecule has 3 nitrogen and oxygen atoms in total. The van der Waals surface area contributed by atoms with Crippen LogP contribution in [0, 0.1) is 0 Å². The van der Waals surface area contributed by atoms with Crippen LogP contribution in [0.1, 0.15) is 13.3 Å². The number of hydrogen-bond donors (Lipinski definition) is 1. The fourth-order valence-electron chi connectivity index (χ4n) is 0.547. The summed E-state index contributed by atoms with van der Waals surface area (Å²) < 4.78 is 5.08. The van der Waals surface area contributed by atoms with Crippen LogP contribution in [0.15, 0.2) is 24.3 Å². The zero-order valence-electron chi connectivity index (χ0n) is 7.25. The molecule has 0 aromatic rings. The van der Waals surface area contributed by atoms with Gasteiger partial charge < -0.3 is 9.84 Å². The summed E-state index contributed by atoms with van der Waals surface area (Å²) in [6.45, 7) is 6.58. The molecule has 0 saturated carbocycles. The smallest absolute Gasteiger partial charge is 0.328 e. The summed E-state index contributed by atoms with van der Waals surface area (Å²) in [5.74, 6) is -0.946. The minimum Gasteiger partial charge on any atom is -0.478 e. The van der Waals surface area contributed by atoms with E-state index in [-0.39, 0.29) is 0 Å². The van der Waals surface area contributed by atoms with Gasteiger partial charge in [0.25, 0.3) is 0 Å². The summed E-state index contributed by atoms with van der Waals surface area (Å²) in [5.41, 5.74) is 1.07. The topological polar surface area (TPSA) is 46.5 Å². The molecule has 3 heteroatoms. The van der Waals surface area contributed by atoms with Crippen molar-refractivity contribution < 1.29 is 14.6 Å². The predicted molar refractivity (Wildman–Crippen MR) is 47.0 cm³/mol. The number of rotatable bonds is 6. The Bertz CT molecular complexity index is 182. The van der Waals surface area contributed by atoms with Crippen molar-refractivity contribution in [1.29, 1.82) is 0 Å². The van der Waals surface area contributed by atoms with Crippen molar-refractivity contribution in [3.05, 3.63) is 24.3 Å². The molecule has 0 unspecified atom stereocenters. The second-order valence-corrected chi connectivity index (χ2v) is 2.52. The maximum Gasteiger partial charge on any atom is 0.328 e. The average Bonchev–Trinajstić information content (AvgIpc) is 1.95. The third-order valence-electron chi connectivity index (χ3n) is 1.15. The molecule has 0 aliphatic rings. The van der Waals surface area contributed by atoms with Gasteiger partial charge in [0, 0.05) is 6.08 Å². The quantitative estimate of drug-likeness (QED) is 0.374. The maximum atomic E-state index is 9.98. The molecule has 0 bridgehead atoms. The molecule has 12 heavy (non-hydrogen) atoms. The van der Waals surface area contributed by atoms with Gasteiger partial charge in [-0.15, -0.1) is 6.58 Å². The molecular formula is C9H14O3. The summed E-state index contributed by atoms with van der Waals surface area (Å²) in [5, 5.41) is 8.20. The zero-order valence-corrected chi connectivity index (χ0v) is 7.25. The lowest BCUT2D eigenvalue weighted by atomic mass is 10.3. The summed E-state index contributed by atoms with van der Waals surface area (Å²) in [6, 6.07) is 0. The number of aliphatic carboxylic acids is 1. The van der Waals surface area contributed by atoms with Crippen LogP contribution in [-0.2, 0) is 9.53 Å². The van der Waals surface area contributed by atoms with Crippen LogP contribution in [0.5, 0.6) is 0 Å². The highest BCUT2D eigenvalue weighted by atomic mass is 16.5. The highest BCUT2D eigenvalue weighted by molar-refractivity contribution is 5.79. The van der Waals surface area contributed by atoms with Gasteiger partial charge in [-0.05, 0) is 13.3 Å². The maximum absolute atomic E-state index is 9.98. The van der Waals surface area contributed by atoms with E-state index in [0.717, 1.165) is 18.1 Å². The molecule has 0 heterocycles. The molecule has 0 rings (SSSR count). The van der Waals surface area contributed by atoms with E-state index in [9.17, 15) is 4.79 Å². The van der Waals surface area contributed by atoms with E-state index in [1.165, 1.54) is 6.08 Å². The molecular weight excluding hydrogens is 156 g/mol. The van der Waals surface area contributed by atoms with E-state index in [1.807, 2.05) is 6.92 Å². The Morgan fingerprint density at radius 1 is 1.67 bits per heavy atom. The Kier molecular flexibility index (Phi) is 6.01. The summed E-state index contributed by atoms with van der Waals surface area (Å²) in [6.07, 6.45) is 3.36. The van der Waals surface area contributed by atoms with Crippen molar-refractivity contribution in [2.75, 3.05) is 13.2 Å². The standard InChI is InChI=1S/C9H14O3/c1-8(2)5-7-12-6-3-4-9(10)11/h3-4H,1,5-7H2,2H3,(H,10,11)/b4-3+. The lowest BCUT2D eigenvalue weighted by Gasteiger charge is -1.98. The van der Waals surface area contributed by atoms with Crippen LogP contribution in [0.2, 0.25) is 0 Å². The van der Waals surface area contributed by atoms with Crippen molar-refractivity contribution in [2.24, 2.45) is 0 Å². The lowest BCUT2D eigenvalue weighted by Crippen LogP contribution is -1.95. The molecule has 0 spiro atoms. The SMILES string of the molecule is C=C(C)CCOC/C=C/C(=O)O. The molecule has 0 aromatic carbocycles. The van der Waals surface area contributed by atoms with Gasteiger partial charge in [-0.25, -0.2) is 4.79 Å². The first-order chi connectivity index (χ1) is 5.63. The van der Waals surface area contributed by atoms with Gasteiger partial charge in [-0.3, -0.25) is 0 Å². The Hall–Kier alpha value is -1.09. The fraction of sp³-hybridized carbons (Fsp3) is 0.444. The summed E-state index contributed by atoms with van der Waals surface area (Å²) >= 11 is 0. The highest BCUT2D eigenvalue weighted by Crippen LogP contribution is 1.94. The fourth-order valence-corrected chi connectivity index (χ4v) is 0.547. The van der Waals surface area contributed by atoms with Gasteiger partial charge in [0.15, 0.2) is 0 Å². The first-order valence-corrected chi connectivity index (χ1v) is 3.74. The molecule has 0 radical (unpaired) electrons. The van der Waals surface area contributed by atoms with E-state index >= 15 is 0 Å². The van der Waals surface area contributed by atoms with Gasteiger partial charge in [0.1, 0.15) is 0 Å². The largest absolute Gasteiger partial charge is 0.478 e. The van der Waals surface area contributed by atoms with E-state index < -0.39 is 5.97 Å². The summed E-state index contributed by atoms with van der Waals surface area (Å²) in [7, 11) is 0. The highest BCUT2D eigenvalue weighted by Gasteiger charge is 1.87. The molecule has 0 aliphatic carbocycles. The number of ether oxygens (including phenoxy) is 1. The molecule has 0 atom stereocenters. The minimum atomic E-state index is -0.946. The number of carbonyl (C=O) groups is 1. The molecule has 0 aliphatic heterocycles. The van der Waals surface area contributed by atoms with Crippen molar-refractivity contribution >= 4 is 5.97 Å². The first kappa shape index (κ1) is 10.9. The Morgan fingerprint density at radius 3 is 2.83 bits per heavy atom. The summed E-state index contributed by atoms with van der Waals surface area (Å²) in [4.78, 5) is 9.98. The molecule has 1 N–H and O–H groups in total. The van der Waals surface area contributed by atoms with Crippen LogP contribution in [0.25, 0.3) is 0 Å². The van der Waals surface area contributed by atoms with Crippen LogP contribution >= 0.6 is 0 Å². The third kappa shape index (κ3) is 8.91. The lowest BCUT2D eigenvalue weighted by molar-refractivity contribution is -0.131. The molecule has 0 aromatic heterocycles. The van der Waals surface area contributed by atoms with Crippen LogP contribution in [0.4, 0.5) is 0 Å². The van der Waals surface area contributed by atoms with Gasteiger partial charge in [-0.1, -0.05) is 11.6 Å². The molecule has 0 fully saturated rings. The Balaban J connectivity index is 3.21. The molecule has 0 amide bonds. The van der Waals surface area contributed by atoms with Crippen molar-refractivity contribution in [1.82, 2.24) is 0 Å². The van der Waals surface area contributed by atoms with E-state index in [2.05, 4.69) is 6.58 Å². The van der Waals surface area contributed by atoms with E-state index in [4.69, 9.17) is 9.84 Å². The van der Waals surface area contributed by atoms with Crippen molar-refractivity contribution in [3.8, 4) is 0 Å². The van der Waals surface area contributed by atoms with Gasteiger partial charge in [-0.2, -0.15) is 0 Å². The third-order valence-corrected chi connectivity index (χ3v) is 1.15. The first-order valence-electron chi connectivity index (χ1n) is 3.74. The van der Waals surface area contributed by atoms with Gasteiger partial charge in [0.05, 0.1) is 13.2 Å². The second-order valence-electron chi connectivity index (χ2n) is 2.52. The predicted octanol–water partition coefficient (Wildman–Crippen LogP) is 1.61. The second kappa shape index (κ2) is 6.61. The molecule has 0 saturated heterocycles. The normalized spacial score (nSPS) is 10.4. The van der Waals surface area contributed by atoms with Crippen LogP contribution in [-0.4, -0.2) is 24.3 Å². The molecule has 68 valence electrons. The van der Waals surface area contributed by atoms with E-state index in [1.54, 1.807) is 0 Å². The Labute approximate surface area is 72.3 Å². The minimum absolute atomic E-state index is 0.347. The number of carboxylic acid groups (broad SMARTS) is 1. The van der Waals surface area contributed by atoms with Crippen LogP contribution < -0.4 is 0 Å². The van der Waals surface area contributed by atoms with E-state index in [0.29, 0.717) is 13.2 Å². The van der Waals surface area contributed by atoms with Crippen molar-refractivity contribution in [2.45, 2.75) is 13.3 Å². The van der Waals surface area contributed by atoms with Gasteiger partial charge in [0.2, 0.25) is 0 Å². The monoisotopic (exact) mass is 170 g/mol. The zero-order chi connectivity index (χ0) is 9.40.